The summed E-state index contributed by atoms with van der Waals surface area (Å²) in [6.45, 7) is 6.45. The lowest BCUT2D eigenvalue weighted by Crippen LogP contribution is -2.28. The van der Waals surface area contributed by atoms with Crippen molar-refractivity contribution in [3.63, 3.8) is 0 Å². The third-order valence-electron chi connectivity index (χ3n) is 5.46. The van der Waals surface area contributed by atoms with Crippen LogP contribution in [0.25, 0.3) is 0 Å². The lowest BCUT2D eigenvalue weighted by molar-refractivity contribution is 0.0496. The molecule has 6 nitrogen and oxygen atoms in total. The number of hydrogen-bond acceptors (Lipinski definition) is 6. The zero-order valence-electron chi connectivity index (χ0n) is 16.2. The maximum Gasteiger partial charge on any atom is 0.138 e. The Hall–Kier alpha value is -2.18. The first-order chi connectivity index (χ1) is 13.2. The Morgan fingerprint density at radius 2 is 2.11 bits per heavy atom. The molecule has 144 valence electrons. The van der Waals surface area contributed by atoms with E-state index in [-0.39, 0.29) is 0 Å². The van der Waals surface area contributed by atoms with Crippen molar-refractivity contribution in [2.24, 2.45) is 5.92 Å². The van der Waals surface area contributed by atoms with E-state index in [9.17, 15) is 0 Å². The van der Waals surface area contributed by atoms with Crippen molar-refractivity contribution >= 4 is 11.5 Å². The molecule has 0 bridgehead atoms. The topological polar surface area (TPSA) is 59.5 Å². The third kappa shape index (κ3) is 4.39. The first-order valence-electron chi connectivity index (χ1n) is 9.78. The number of benzene rings is 1. The van der Waals surface area contributed by atoms with Gasteiger partial charge in [-0.15, -0.1) is 0 Å². The Morgan fingerprint density at radius 1 is 1.26 bits per heavy atom. The summed E-state index contributed by atoms with van der Waals surface area (Å²) in [4.78, 5) is 11.2. The highest BCUT2D eigenvalue weighted by molar-refractivity contribution is 5.62. The Bertz CT molecular complexity index is 790. The van der Waals surface area contributed by atoms with Crippen molar-refractivity contribution in [2.75, 3.05) is 38.7 Å². The Labute approximate surface area is 160 Å². The number of nitrogens with zero attached hydrogens (tertiary/aromatic N) is 3. The quantitative estimate of drug-likeness (QED) is 0.874. The second-order valence-corrected chi connectivity index (χ2v) is 7.61. The molecule has 1 fully saturated rings. The van der Waals surface area contributed by atoms with Gasteiger partial charge in [0, 0.05) is 50.0 Å². The van der Waals surface area contributed by atoms with Gasteiger partial charge in [0.15, 0.2) is 0 Å². The summed E-state index contributed by atoms with van der Waals surface area (Å²) in [5.41, 5.74) is 4.49. The van der Waals surface area contributed by atoms with Crippen LogP contribution in [0.1, 0.15) is 29.7 Å². The Morgan fingerprint density at radius 3 is 2.96 bits per heavy atom. The van der Waals surface area contributed by atoms with E-state index in [2.05, 4.69) is 52.4 Å². The lowest BCUT2D eigenvalue weighted by Gasteiger charge is -2.25. The van der Waals surface area contributed by atoms with Crippen LogP contribution < -0.4 is 10.1 Å². The summed E-state index contributed by atoms with van der Waals surface area (Å²) in [6.07, 6.45) is 4.79. The van der Waals surface area contributed by atoms with Crippen molar-refractivity contribution < 1.29 is 9.47 Å². The van der Waals surface area contributed by atoms with Crippen molar-refractivity contribution in [1.82, 2.24) is 14.9 Å². The van der Waals surface area contributed by atoms with Crippen LogP contribution in [0.2, 0.25) is 0 Å². The number of rotatable bonds is 5. The molecule has 0 saturated carbocycles. The van der Waals surface area contributed by atoms with E-state index in [0.717, 1.165) is 80.7 Å². The molecule has 0 unspecified atom stereocenters. The van der Waals surface area contributed by atoms with Crippen LogP contribution in [0.5, 0.6) is 5.75 Å². The van der Waals surface area contributed by atoms with Gasteiger partial charge in [-0.2, -0.15) is 0 Å². The molecular formula is C21H28N4O2. The summed E-state index contributed by atoms with van der Waals surface area (Å²) < 4.78 is 11.6. The van der Waals surface area contributed by atoms with E-state index in [4.69, 9.17) is 9.47 Å². The summed E-state index contributed by atoms with van der Waals surface area (Å²) in [6, 6.07) is 6.26. The van der Waals surface area contributed by atoms with Crippen molar-refractivity contribution in [3.05, 3.63) is 41.3 Å². The molecule has 27 heavy (non-hydrogen) atoms. The molecule has 6 heteroatoms. The first kappa shape index (κ1) is 18.2. The zero-order chi connectivity index (χ0) is 18.6. The molecule has 1 N–H and O–H groups in total. The van der Waals surface area contributed by atoms with Gasteiger partial charge in [-0.1, -0.05) is 6.07 Å². The molecule has 1 saturated heterocycles. The predicted octanol–water partition coefficient (Wildman–Crippen LogP) is 3.32. The Kier molecular flexibility index (Phi) is 5.55. The van der Waals surface area contributed by atoms with E-state index in [1.54, 1.807) is 6.33 Å². The number of fused-ring (bicyclic) bond motifs is 1. The minimum atomic E-state index is 0.583. The number of hydrogen-bond donors (Lipinski definition) is 1. The highest BCUT2D eigenvalue weighted by Crippen LogP contribution is 2.29. The lowest BCUT2D eigenvalue weighted by atomic mass is 10.0. The van der Waals surface area contributed by atoms with Crippen LogP contribution in [0.3, 0.4) is 0 Å². The van der Waals surface area contributed by atoms with Crippen LogP contribution in [0.4, 0.5) is 11.5 Å². The highest BCUT2D eigenvalue weighted by atomic mass is 16.5. The van der Waals surface area contributed by atoms with Gasteiger partial charge in [-0.3, -0.25) is 0 Å². The molecule has 2 aliphatic heterocycles. The normalized spacial score (nSPS) is 18.1. The average Bonchev–Trinajstić information content (AvgIpc) is 2.69. The van der Waals surface area contributed by atoms with Gasteiger partial charge in [-0.25, -0.2) is 9.97 Å². The first-order valence-corrected chi connectivity index (χ1v) is 9.78. The van der Waals surface area contributed by atoms with Crippen molar-refractivity contribution in [2.45, 2.75) is 32.7 Å². The monoisotopic (exact) mass is 368 g/mol. The molecular weight excluding hydrogens is 340 g/mol. The second kappa shape index (κ2) is 8.23. The van der Waals surface area contributed by atoms with Gasteiger partial charge < -0.3 is 19.7 Å². The third-order valence-corrected chi connectivity index (χ3v) is 5.46. The van der Waals surface area contributed by atoms with E-state index < -0.39 is 0 Å². The van der Waals surface area contributed by atoms with Crippen LogP contribution in [0, 0.1) is 12.8 Å². The minimum absolute atomic E-state index is 0.583. The number of ether oxygens (including phenoxy) is 2. The average molecular weight is 368 g/mol. The summed E-state index contributed by atoms with van der Waals surface area (Å²) in [7, 11) is 2.13. The maximum absolute atomic E-state index is 6.15. The van der Waals surface area contributed by atoms with Gasteiger partial charge in [0.05, 0.1) is 12.3 Å². The SMILES string of the molecule is Cc1ccc(Nc2ncnc3c2CN(C)CC3)cc1OCC1CCOCC1. The minimum Gasteiger partial charge on any atom is -0.493 e. The van der Waals surface area contributed by atoms with Crippen LogP contribution in [-0.4, -0.2) is 48.3 Å². The van der Waals surface area contributed by atoms with E-state index >= 15 is 0 Å². The molecule has 0 atom stereocenters. The number of aromatic nitrogens is 2. The van der Waals surface area contributed by atoms with Gasteiger partial charge in [-0.05, 0) is 44.4 Å². The molecule has 0 spiro atoms. The molecule has 1 aromatic carbocycles. The molecule has 1 aromatic heterocycles. The van der Waals surface area contributed by atoms with Gasteiger partial charge in [0.25, 0.3) is 0 Å². The summed E-state index contributed by atoms with van der Waals surface area (Å²) >= 11 is 0. The van der Waals surface area contributed by atoms with Crippen molar-refractivity contribution in [3.8, 4) is 5.75 Å². The summed E-state index contributed by atoms with van der Waals surface area (Å²) in [5.74, 6) is 2.41. The standard InChI is InChI=1S/C21H28N4O2/c1-15-3-4-17(11-20(15)27-13-16-6-9-26-10-7-16)24-21-18-12-25(2)8-5-19(18)22-14-23-21/h3-4,11,14,16H,5-10,12-13H2,1-2H3,(H,22,23,24). The molecule has 0 aliphatic carbocycles. The van der Waals surface area contributed by atoms with Gasteiger partial charge in [0.2, 0.25) is 0 Å². The largest absolute Gasteiger partial charge is 0.493 e. The van der Waals surface area contributed by atoms with Crippen molar-refractivity contribution in [1.29, 1.82) is 0 Å². The second-order valence-electron chi connectivity index (χ2n) is 7.61. The van der Waals surface area contributed by atoms with E-state index in [1.807, 2.05) is 0 Å². The number of nitrogens with one attached hydrogen (secondary N) is 1. The van der Waals surface area contributed by atoms with E-state index in [1.165, 1.54) is 5.56 Å². The molecule has 0 radical (unpaired) electrons. The fraction of sp³-hybridized carbons (Fsp3) is 0.524. The van der Waals surface area contributed by atoms with Gasteiger partial charge in [0.1, 0.15) is 17.9 Å². The maximum atomic E-state index is 6.15. The Balaban J connectivity index is 1.48. The van der Waals surface area contributed by atoms with Crippen LogP contribution >= 0.6 is 0 Å². The smallest absolute Gasteiger partial charge is 0.138 e. The fourth-order valence-electron chi connectivity index (χ4n) is 3.67. The number of likely N-dealkylation sites (N-methyl/N-ethyl adjacent to an activating group) is 1. The molecule has 4 rings (SSSR count). The van der Waals surface area contributed by atoms with Crippen LogP contribution in [0.15, 0.2) is 24.5 Å². The number of aryl methyl sites for hydroxylation is 1. The molecule has 0 amide bonds. The number of anilines is 2. The highest BCUT2D eigenvalue weighted by Gasteiger charge is 2.19. The fourth-order valence-corrected chi connectivity index (χ4v) is 3.67. The van der Waals surface area contributed by atoms with E-state index in [0.29, 0.717) is 5.92 Å². The van der Waals surface area contributed by atoms with Crippen LogP contribution in [-0.2, 0) is 17.7 Å². The molecule has 3 heterocycles. The van der Waals surface area contributed by atoms with Gasteiger partial charge >= 0.3 is 0 Å². The zero-order valence-corrected chi connectivity index (χ0v) is 16.2. The molecule has 2 aliphatic rings. The molecule has 2 aromatic rings. The predicted molar refractivity (Wildman–Crippen MR) is 106 cm³/mol. The summed E-state index contributed by atoms with van der Waals surface area (Å²) in [5, 5.41) is 3.48.